The largest absolute Gasteiger partial charge is 0.241 e. The van der Waals surface area contributed by atoms with Crippen LogP contribution in [0.5, 0.6) is 0 Å². The van der Waals surface area contributed by atoms with Gasteiger partial charge in [-0.2, -0.15) is 4.72 Å². The van der Waals surface area contributed by atoms with Crippen molar-refractivity contribution < 1.29 is 12.8 Å². The highest BCUT2D eigenvalue weighted by Gasteiger charge is 2.24. The van der Waals surface area contributed by atoms with Crippen molar-refractivity contribution in [2.45, 2.75) is 24.8 Å². The Morgan fingerprint density at radius 2 is 1.54 bits per heavy atom. The number of benzene rings is 3. The molecule has 0 spiro atoms. The molecule has 5 heteroatoms. The lowest BCUT2D eigenvalue weighted by molar-refractivity contribution is 0.570. The molecule has 0 saturated heterocycles. The van der Waals surface area contributed by atoms with Crippen molar-refractivity contribution in [3.05, 3.63) is 101 Å². The van der Waals surface area contributed by atoms with Crippen LogP contribution in [0.4, 0.5) is 4.39 Å². The van der Waals surface area contributed by atoms with Gasteiger partial charge in [-0.25, -0.2) is 12.8 Å². The van der Waals surface area contributed by atoms with Crippen molar-refractivity contribution in [1.29, 1.82) is 0 Å². The molecule has 0 unspecified atom stereocenters. The summed E-state index contributed by atoms with van der Waals surface area (Å²) in [5.41, 5.74) is 3.09. The molecule has 0 fully saturated rings. The lowest BCUT2D eigenvalue weighted by Gasteiger charge is -2.21. The maximum Gasteiger partial charge on any atom is 0.241 e. The van der Waals surface area contributed by atoms with Crippen LogP contribution in [0, 0.1) is 19.7 Å². The molecule has 0 aliphatic heterocycles. The minimum Gasteiger partial charge on any atom is -0.207 e. The van der Waals surface area contributed by atoms with Gasteiger partial charge in [0, 0.05) is 0 Å². The van der Waals surface area contributed by atoms with Gasteiger partial charge in [-0.3, -0.25) is 0 Å². The van der Waals surface area contributed by atoms with E-state index < -0.39 is 21.9 Å². The second-order valence-corrected chi connectivity index (χ2v) is 7.97. The maximum atomic E-state index is 13.4. The van der Waals surface area contributed by atoms with Crippen LogP contribution in [0.1, 0.15) is 28.3 Å². The van der Waals surface area contributed by atoms with Gasteiger partial charge in [0.1, 0.15) is 5.82 Å². The fraction of sp³-hybridized carbons (Fsp3) is 0.143. The van der Waals surface area contributed by atoms with Gasteiger partial charge in [-0.05, 0) is 48.7 Å². The molecule has 0 amide bonds. The quantitative estimate of drug-likeness (QED) is 0.719. The predicted octanol–water partition coefficient (Wildman–Crippen LogP) is 4.51. The second kappa shape index (κ2) is 7.40. The molecule has 3 aromatic rings. The minimum absolute atomic E-state index is 0.0764. The Hall–Kier alpha value is -2.50. The molecule has 134 valence electrons. The summed E-state index contributed by atoms with van der Waals surface area (Å²) in [6.45, 7) is 3.55. The molecule has 3 nitrogen and oxygen atoms in total. The fourth-order valence-corrected chi connectivity index (χ4v) is 4.40. The van der Waals surface area contributed by atoms with Crippen LogP contribution in [-0.4, -0.2) is 8.42 Å². The number of hydrogen-bond acceptors (Lipinski definition) is 2. The van der Waals surface area contributed by atoms with Crippen LogP contribution in [0.15, 0.2) is 77.7 Å². The van der Waals surface area contributed by atoms with Crippen molar-refractivity contribution in [2.75, 3.05) is 0 Å². The summed E-state index contributed by atoms with van der Waals surface area (Å²) in [6, 6.07) is 20.2. The van der Waals surface area contributed by atoms with E-state index in [4.69, 9.17) is 0 Å². The molecule has 26 heavy (non-hydrogen) atoms. The lowest BCUT2D eigenvalue weighted by atomic mass is 9.98. The molecular weight excluding hydrogens is 349 g/mol. The van der Waals surface area contributed by atoms with Gasteiger partial charge in [-0.15, -0.1) is 0 Å². The molecule has 3 aromatic carbocycles. The zero-order valence-corrected chi connectivity index (χ0v) is 15.4. The zero-order chi connectivity index (χ0) is 18.7. The molecule has 0 aliphatic carbocycles. The van der Waals surface area contributed by atoms with E-state index in [1.54, 1.807) is 6.92 Å². The third-order valence-corrected chi connectivity index (χ3v) is 5.79. The highest BCUT2D eigenvalue weighted by Crippen LogP contribution is 2.26. The third-order valence-electron chi connectivity index (χ3n) is 4.21. The van der Waals surface area contributed by atoms with E-state index >= 15 is 0 Å². The standard InChI is InChI=1S/C21H20FNO2S/c1-15-7-6-10-18(13-15)21(17-8-4-3-5-9-17)23-26(24,25)20-12-11-19(22)14-16(20)2/h3-14,21,23H,1-2H3/t21-/m1/s1. The maximum absolute atomic E-state index is 13.4. The molecule has 0 saturated carbocycles. The molecule has 0 bridgehead atoms. The smallest absolute Gasteiger partial charge is 0.207 e. The number of halogens is 1. The number of nitrogens with one attached hydrogen (secondary N) is 1. The average molecular weight is 369 g/mol. The van der Waals surface area contributed by atoms with Crippen LogP contribution in [0.25, 0.3) is 0 Å². The number of sulfonamides is 1. The van der Waals surface area contributed by atoms with Crippen molar-refractivity contribution in [3.8, 4) is 0 Å². The Labute approximate surface area is 153 Å². The van der Waals surface area contributed by atoms with Gasteiger partial charge in [0.05, 0.1) is 10.9 Å². The van der Waals surface area contributed by atoms with E-state index in [1.165, 1.54) is 12.1 Å². The van der Waals surface area contributed by atoms with E-state index in [0.29, 0.717) is 5.56 Å². The van der Waals surface area contributed by atoms with Gasteiger partial charge in [0.2, 0.25) is 10.0 Å². The Morgan fingerprint density at radius 1 is 0.846 bits per heavy atom. The molecular formula is C21H20FNO2S. The Morgan fingerprint density at radius 3 is 2.19 bits per heavy atom. The number of rotatable bonds is 5. The van der Waals surface area contributed by atoms with E-state index in [0.717, 1.165) is 22.8 Å². The normalized spacial score (nSPS) is 12.7. The first-order valence-electron chi connectivity index (χ1n) is 8.27. The number of aryl methyl sites for hydroxylation is 2. The summed E-state index contributed by atoms with van der Waals surface area (Å²) < 4.78 is 42.1. The third kappa shape index (κ3) is 4.00. The van der Waals surface area contributed by atoms with Gasteiger partial charge >= 0.3 is 0 Å². The van der Waals surface area contributed by atoms with Crippen LogP contribution < -0.4 is 4.72 Å². The first-order valence-corrected chi connectivity index (χ1v) is 9.75. The summed E-state index contributed by atoms with van der Waals surface area (Å²) in [5.74, 6) is -0.459. The first-order chi connectivity index (χ1) is 12.4. The zero-order valence-electron chi connectivity index (χ0n) is 14.6. The monoisotopic (exact) mass is 369 g/mol. The number of hydrogen-bond donors (Lipinski definition) is 1. The van der Waals surface area contributed by atoms with Crippen molar-refractivity contribution in [2.24, 2.45) is 0 Å². The fourth-order valence-electron chi connectivity index (χ4n) is 2.96. The van der Waals surface area contributed by atoms with E-state index in [9.17, 15) is 12.8 Å². The summed E-state index contributed by atoms with van der Waals surface area (Å²) in [7, 11) is -3.83. The van der Waals surface area contributed by atoms with E-state index in [1.807, 2.05) is 61.5 Å². The Bertz CT molecular complexity index is 1020. The van der Waals surface area contributed by atoms with Crippen molar-refractivity contribution >= 4 is 10.0 Å². The van der Waals surface area contributed by atoms with Crippen LogP contribution >= 0.6 is 0 Å². The molecule has 0 radical (unpaired) electrons. The Balaban J connectivity index is 2.05. The topological polar surface area (TPSA) is 46.2 Å². The average Bonchev–Trinajstić information content (AvgIpc) is 2.60. The lowest BCUT2D eigenvalue weighted by Crippen LogP contribution is -2.30. The summed E-state index contributed by atoms with van der Waals surface area (Å²) >= 11 is 0. The van der Waals surface area contributed by atoms with Crippen molar-refractivity contribution in [3.63, 3.8) is 0 Å². The summed E-state index contributed by atoms with van der Waals surface area (Å²) in [4.78, 5) is 0.0764. The molecule has 3 rings (SSSR count). The van der Waals surface area contributed by atoms with Crippen LogP contribution in [-0.2, 0) is 10.0 Å². The van der Waals surface area contributed by atoms with E-state index in [2.05, 4.69) is 4.72 Å². The summed E-state index contributed by atoms with van der Waals surface area (Å²) in [6.07, 6.45) is 0. The molecule has 0 heterocycles. The van der Waals surface area contributed by atoms with E-state index in [-0.39, 0.29) is 4.90 Å². The predicted molar refractivity (Wildman–Crippen MR) is 101 cm³/mol. The second-order valence-electron chi connectivity index (χ2n) is 6.29. The first kappa shape index (κ1) is 18.3. The molecule has 0 aromatic heterocycles. The van der Waals surface area contributed by atoms with Gasteiger partial charge < -0.3 is 0 Å². The van der Waals surface area contributed by atoms with Gasteiger partial charge in [0.25, 0.3) is 0 Å². The highest BCUT2D eigenvalue weighted by molar-refractivity contribution is 7.89. The summed E-state index contributed by atoms with van der Waals surface area (Å²) in [5, 5.41) is 0. The molecule has 1 atom stereocenters. The van der Waals surface area contributed by atoms with Gasteiger partial charge in [0.15, 0.2) is 0 Å². The van der Waals surface area contributed by atoms with Crippen LogP contribution in [0.3, 0.4) is 0 Å². The Kier molecular flexibility index (Phi) is 5.20. The van der Waals surface area contributed by atoms with Gasteiger partial charge in [-0.1, -0.05) is 60.2 Å². The SMILES string of the molecule is Cc1cccc([C@H](NS(=O)(=O)c2ccc(F)cc2C)c2ccccc2)c1. The highest BCUT2D eigenvalue weighted by atomic mass is 32.2. The molecule has 0 aliphatic rings. The molecule has 1 N–H and O–H groups in total. The van der Waals surface area contributed by atoms with Crippen LogP contribution in [0.2, 0.25) is 0 Å². The van der Waals surface area contributed by atoms with Crippen molar-refractivity contribution in [1.82, 2.24) is 4.72 Å². The minimum atomic E-state index is -3.83.